The van der Waals surface area contributed by atoms with E-state index in [1.807, 2.05) is 46.0 Å². The molecule has 1 aliphatic heterocycles. The molecule has 0 saturated carbocycles. The van der Waals surface area contributed by atoms with Crippen molar-refractivity contribution in [1.29, 1.82) is 0 Å². The first-order chi connectivity index (χ1) is 11.2. The van der Waals surface area contributed by atoms with Crippen LogP contribution in [-0.2, 0) is 26.7 Å². The maximum atomic E-state index is 5.56. The summed E-state index contributed by atoms with van der Waals surface area (Å²) >= 11 is 7.42. The molecule has 7 heteroatoms. The van der Waals surface area contributed by atoms with E-state index in [0.29, 0.717) is 0 Å². The third kappa shape index (κ3) is 2.75. The quantitative estimate of drug-likeness (QED) is 0.685. The summed E-state index contributed by atoms with van der Waals surface area (Å²) in [4.78, 5) is 8.08. The Morgan fingerprint density at radius 3 is 3.09 bits per heavy atom. The Kier molecular flexibility index (Phi) is 3.84. The van der Waals surface area contributed by atoms with E-state index in [-0.39, 0.29) is 0 Å². The van der Waals surface area contributed by atoms with Gasteiger partial charge in [-0.25, -0.2) is 4.68 Å². The molecule has 0 aromatic carbocycles. The van der Waals surface area contributed by atoms with Crippen molar-refractivity contribution in [2.45, 2.75) is 19.6 Å². The molecule has 4 heterocycles. The van der Waals surface area contributed by atoms with Crippen LogP contribution >= 0.6 is 23.6 Å². The van der Waals surface area contributed by atoms with Crippen molar-refractivity contribution >= 4 is 23.6 Å². The van der Waals surface area contributed by atoms with Crippen molar-refractivity contribution in [2.24, 2.45) is 7.05 Å². The molecule has 0 fully saturated rings. The molecule has 3 aromatic rings. The van der Waals surface area contributed by atoms with Gasteiger partial charge in [-0.1, -0.05) is 0 Å². The van der Waals surface area contributed by atoms with Crippen LogP contribution in [0.4, 0.5) is 0 Å². The second-order valence-corrected chi connectivity index (χ2v) is 7.09. The number of thiophene rings is 1. The first kappa shape index (κ1) is 14.7. The molecule has 0 saturated heterocycles. The van der Waals surface area contributed by atoms with Crippen LogP contribution in [0.25, 0.3) is 11.4 Å². The zero-order valence-corrected chi connectivity index (χ0v) is 14.5. The minimum Gasteiger partial charge on any atom is -0.303 e. The van der Waals surface area contributed by atoms with E-state index in [4.69, 9.17) is 17.3 Å². The van der Waals surface area contributed by atoms with E-state index in [2.05, 4.69) is 21.3 Å². The molecule has 0 atom stereocenters. The zero-order valence-electron chi connectivity index (χ0n) is 12.8. The van der Waals surface area contributed by atoms with E-state index in [1.165, 1.54) is 10.4 Å². The minimum absolute atomic E-state index is 0.724. The van der Waals surface area contributed by atoms with Gasteiger partial charge in [-0.15, -0.1) is 11.3 Å². The summed E-state index contributed by atoms with van der Waals surface area (Å²) in [7, 11) is 1.96. The molecule has 0 N–H and O–H groups in total. The van der Waals surface area contributed by atoms with Gasteiger partial charge in [-0.05, 0) is 47.8 Å². The smallest absolute Gasteiger partial charge is 0.199 e. The molecule has 23 heavy (non-hydrogen) atoms. The van der Waals surface area contributed by atoms with E-state index in [1.54, 1.807) is 6.20 Å². The molecular formula is C16H17N5S2. The average Bonchev–Trinajstić information content (AvgIpc) is 3.15. The number of rotatable bonds is 3. The van der Waals surface area contributed by atoms with Crippen LogP contribution in [0.15, 0.2) is 36.0 Å². The summed E-state index contributed by atoms with van der Waals surface area (Å²) in [6.45, 7) is 2.75. The molecule has 0 amide bonds. The Morgan fingerprint density at radius 2 is 2.26 bits per heavy atom. The van der Waals surface area contributed by atoms with Gasteiger partial charge >= 0.3 is 0 Å². The van der Waals surface area contributed by atoms with Crippen molar-refractivity contribution < 1.29 is 0 Å². The van der Waals surface area contributed by atoms with E-state index in [9.17, 15) is 0 Å². The summed E-state index contributed by atoms with van der Waals surface area (Å²) in [5.41, 5.74) is 2.43. The van der Waals surface area contributed by atoms with E-state index in [0.717, 1.165) is 42.3 Å². The van der Waals surface area contributed by atoms with Crippen LogP contribution in [0.5, 0.6) is 0 Å². The third-order valence-electron chi connectivity index (χ3n) is 4.18. The minimum atomic E-state index is 0.724. The SMILES string of the molecule is Cn1c(-c2cccnc2)nn(CN2CCc3sccc3C2)c1=S. The Hall–Kier alpha value is -1.83. The van der Waals surface area contributed by atoms with Gasteiger partial charge < -0.3 is 4.57 Å². The van der Waals surface area contributed by atoms with Crippen molar-refractivity contribution in [3.63, 3.8) is 0 Å². The summed E-state index contributed by atoms with van der Waals surface area (Å²) in [5, 5.41) is 6.90. The molecule has 0 unspecified atom stereocenters. The average molecular weight is 343 g/mol. The highest BCUT2D eigenvalue weighted by molar-refractivity contribution is 7.71. The lowest BCUT2D eigenvalue weighted by Crippen LogP contribution is -2.32. The van der Waals surface area contributed by atoms with Gasteiger partial charge in [0.05, 0.1) is 6.67 Å². The summed E-state index contributed by atoms with van der Waals surface area (Å²) in [6.07, 6.45) is 4.70. The summed E-state index contributed by atoms with van der Waals surface area (Å²) in [5.74, 6) is 0.858. The number of pyridine rings is 1. The highest BCUT2D eigenvalue weighted by Gasteiger charge is 2.19. The lowest BCUT2D eigenvalue weighted by Gasteiger charge is -2.26. The number of hydrogen-bond acceptors (Lipinski definition) is 5. The number of hydrogen-bond donors (Lipinski definition) is 0. The topological polar surface area (TPSA) is 38.9 Å². The van der Waals surface area contributed by atoms with Gasteiger partial charge in [0, 0.05) is 43.0 Å². The monoisotopic (exact) mass is 343 g/mol. The second-order valence-electron chi connectivity index (χ2n) is 5.72. The summed E-state index contributed by atoms with van der Waals surface area (Å²) in [6, 6.07) is 6.15. The van der Waals surface area contributed by atoms with Gasteiger partial charge in [0.15, 0.2) is 10.6 Å². The van der Waals surface area contributed by atoms with Crippen LogP contribution < -0.4 is 0 Å². The molecular weight excluding hydrogens is 326 g/mol. The molecule has 0 aliphatic carbocycles. The van der Waals surface area contributed by atoms with E-state index < -0.39 is 0 Å². The normalized spacial score (nSPS) is 14.8. The maximum Gasteiger partial charge on any atom is 0.199 e. The molecule has 118 valence electrons. The van der Waals surface area contributed by atoms with Crippen LogP contribution in [-0.4, -0.2) is 30.8 Å². The largest absolute Gasteiger partial charge is 0.303 e. The Morgan fingerprint density at radius 1 is 1.35 bits per heavy atom. The molecule has 5 nitrogen and oxygen atoms in total. The highest BCUT2D eigenvalue weighted by atomic mass is 32.1. The Balaban J connectivity index is 1.60. The van der Waals surface area contributed by atoms with Gasteiger partial charge in [0.2, 0.25) is 0 Å². The first-order valence-electron chi connectivity index (χ1n) is 7.54. The van der Waals surface area contributed by atoms with Crippen LogP contribution in [0.2, 0.25) is 0 Å². The zero-order chi connectivity index (χ0) is 15.8. The maximum absolute atomic E-state index is 5.56. The van der Waals surface area contributed by atoms with Gasteiger partial charge in [-0.3, -0.25) is 9.88 Å². The van der Waals surface area contributed by atoms with Crippen molar-refractivity contribution in [2.75, 3.05) is 6.54 Å². The van der Waals surface area contributed by atoms with Gasteiger partial charge in [0.25, 0.3) is 0 Å². The second kappa shape index (κ2) is 5.99. The lowest BCUT2D eigenvalue weighted by atomic mass is 10.1. The number of aromatic nitrogens is 4. The molecule has 3 aromatic heterocycles. The number of fused-ring (bicyclic) bond motifs is 1. The van der Waals surface area contributed by atoms with Crippen LogP contribution in [0.1, 0.15) is 10.4 Å². The van der Waals surface area contributed by atoms with Crippen LogP contribution in [0.3, 0.4) is 0 Å². The van der Waals surface area contributed by atoms with Gasteiger partial charge in [-0.2, -0.15) is 5.10 Å². The van der Waals surface area contributed by atoms with Gasteiger partial charge in [0.1, 0.15) is 0 Å². The number of nitrogens with zero attached hydrogens (tertiary/aromatic N) is 5. The molecule has 1 aliphatic rings. The molecule has 0 spiro atoms. The fourth-order valence-corrected chi connectivity index (χ4v) is 4.02. The predicted octanol–water partition coefficient (Wildman–Crippen LogP) is 3.09. The molecule has 0 bridgehead atoms. The van der Waals surface area contributed by atoms with Crippen molar-refractivity contribution in [1.82, 2.24) is 24.2 Å². The third-order valence-corrected chi connectivity index (χ3v) is 5.69. The Bertz CT molecular complexity index is 878. The van der Waals surface area contributed by atoms with Crippen molar-refractivity contribution in [3.05, 3.63) is 51.2 Å². The lowest BCUT2D eigenvalue weighted by molar-refractivity contribution is 0.189. The standard InChI is InChI=1S/C16H17N5S2/c1-19-15(12-3-2-6-17-9-12)18-21(16(19)22)11-20-7-4-14-13(10-20)5-8-23-14/h2-3,5-6,8-9H,4,7,10-11H2,1H3. The summed E-state index contributed by atoms with van der Waals surface area (Å²) < 4.78 is 4.60. The first-order valence-corrected chi connectivity index (χ1v) is 8.83. The predicted molar refractivity (Wildman–Crippen MR) is 93.7 cm³/mol. The highest BCUT2D eigenvalue weighted by Crippen LogP contribution is 2.24. The fraction of sp³-hybridized carbons (Fsp3) is 0.312. The van der Waals surface area contributed by atoms with Crippen molar-refractivity contribution in [3.8, 4) is 11.4 Å². The Labute approximate surface area is 143 Å². The molecule has 4 rings (SSSR count). The molecule has 0 radical (unpaired) electrons. The van der Waals surface area contributed by atoms with E-state index >= 15 is 0 Å². The fourth-order valence-electron chi connectivity index (χ4n) is 2.94. The van der Waals surface area contributed by atoms with Crippen LogP contribution in [0, 0.1) is 4.77 Å².